The van der Waals surface area contributed by atoms with Crippen molar-refractivity contribution < 1.29 is 9.37 Å². The molecule has 16 heavy (non-hydrogen) atoms. The molecule has 5 heteroatoms. The van der Waals surface area contributed by atoms with E-state index in [2.05, 4.69) is 14.9 Å². The zero-order valence-corrected chi connectivity index (χ0v) is 9.69. The smallest absolute Gasteiger partial charge is 0.133 e. The quantitative estimate of drug-likeness (QED) is 0.790. The topological polar surface area (TPSA) is 74.2 Å². The molecule has 2 unspecified atom stereocenters. The predicted molar refractivity (Wildman–Crippen MR) is 58.7 cm³/mol. The summed E-state index contributed by atoms with van der Waals surface area (Å²) in [5, 5.41) is 7.52. The Balaban J connectivity index is 1.86. The summed E-state index contributed by atoms with van der Waals surface area (Å²) in [5.74, 6) is 0. The van der Waals surface area contributed by atoms with E-state index in [0.717, 1.165) is 24.2 Å². The van der Waals surface area contributed by atoms with Crippen LogP contribution in [-0.4, -0.2) is 22.5 Å². The van der Waals surface area contributed by atoms with Gasteiger partial charge in [0.2, 0.25) is 0 Å². The maximum atomic E-state index is 6.07. The molecule has 1 aliphatic rings. The lowest BCUT2D eigenvalue weighted by molar-refractivity contribution is 0.0164. The Kier molecular flexibility index (Phi) is 3.90. The van der Waals surface area contributed by atoms with E-state index in [0.29, 0.717) is 6.61 Å². The first-order chi connectivity index (χ1) is 7.77. The van der Waals surface area contributed by atoms with E-state index < -0.39 is 0 Å². The molecule has 1 aromatic rings. The highest BCUT2D eigenvalue weighted by atomic mass is 16.6. The van der Waals surface area contributed by atoms with Crippen LogP contribution in [0.25, 0.3) is 0 Å². The van der Waals surface area contributed by atoms with E-state index in [1.165, 1.54) is 19.3 Å². The molecule has 1 aliphatic carbocycles. The first-order valence-electron chi connectivity index (χ1n) is 5.92. The number of hydrogen-bond acceptors (Lipinski definition) is 5. The van der Waals surface area contributed by atoms with Crippen molar-refractivity contribution in [2.24, 2.45) is 5.73 Å². The molecule has 90 valence electrons. The lowest BCUT2D eigenvalue weighted by atomic mass is 10.1. The Labute approximate surface area is 95.3 Å². The van der Waals surface area contributed by atoms with Gasteiger partial charge in [-0.25, -0.2) is 4.63 Å². The molecule has 0 saturated heterocycles. The van der Waals surface area contributed by atoms with Gasteiger partial charge in [0, 0.05) is 6.04 Å². The van der Waals surface area contributed by atoms with Gasteiger partial charge in [-0.3, -0.25) is 0 Å². The highest BCUT2D eigenvalue weighted by Crippen LogP contribution is 2.20. The molecule has 0 radical (unpaired) electrons. The molecule has 0 aromatic carbocycles. The van der Waals surface area contributed by atoms with Crippen LogP contribution >= 0.6 is 0 Å². The third-order valence-electron chi connectivity index (χ3n) is 3.18. The summed E-state index contributed by atoms with van der Waals surface area (Å²) < 4.78 is 10.4. The molecule has 2 N–H and O–H groups in total. The summed E-state index contributed by atoms with van der Waals surface area (Å²) in [4.78, 5) is 0. The molecule has 1 aromatic heterocycles. The molecule has 1 saturated carbocycles. The van der Waals surface area contributed by atoms with Crippen LogP contribution in [0.4, 0.5) is 0 Å². The van der Waals surface area contributed by atoms with E-state index in [-0.39, 0.29) is 12.1 Å². The van der Waals surface area contributed by atoms with Crippen LogP contribution in [0.1, 0.15) is 43.5 Å². The maximum Gasteiger partial charge on any atom is 0.133 e. The van der Waals surface area contributed by atoms with Crippen LogP contribution in [0.3, 0.4) is 0 Å². The lowest BCUT2D eigenvalue weighted by Crippen LogP contribution is -2.35. The van der Waals surface area contributed by atoms with Gasteiger partial charge in [0.05, 0.1) is 12.7 Å². The average Bonchev–Trinajstić information content (AvgIpc) is 2.56. The standard InChI is InChI=1S/C11H19N3O2/c1-8-10(14-16-13-8)7-15-11-6-4-2-3-5-9(11)12/h9,11H,2-7,12H2,1H3. The second-order valence-corrected chi connectivity index (χ2v) is 4.45. The second kappa shape index (κ2) is 5.41. The van der Waals surface area contributed by atoms with E-state index in [1.807, 2.05) is 6.92 Å². The van der Waals surface area contributed by atoms with Crippen molar-refractivity contribution in [1.29, 1.82) is 0 Å². The van der Waals surface area contributed by atoms with Crippen LogP contribution in [0, 0.1) is 6.92 Å². The molecule has 0 spiro atoms. The average molecular weight is 225 g/mol. The molecule has 1 fully saturated rings. The number of hydrogen-bond donors (Lipinski definition) is 1. The summed E-state index contributed by atoms with van der Waals surface area (Å²) >= 11 is 0. The fraction of sp³-hybridized carbons (Fsp3) is 0.818. The zero-order valence-electron chi connectivity index (χ0n) is 9.69. The van der Waals surface area contributed by atoms with Crippen molar-refractivity contribution in [2.75, 3.05) is 0 Å². The van der Waals surface area contributed by atoms with Gasteiger partial charge in [-0.15, -0.1) is 0 Å². The van der Waals surface area contributed by atoms with Gasteiger partial charge in [0.1, 0.15) is 11.4 Å². The zero-order chi connectivity index (χ0) is 11.4. The number of nitrogens with two attached hydrogens (primary N) is 1. The van der Waals surface area contributed by atoms with Gasteiger partial charge in [0.15, 0.2) is 0 Å². The Hall–Kier alpha value is -0.940. The van der Waals surface area contributed by atoms with Crippen molar-refractivity contribution in [2.45, 2.75) is 57.8 Å². The van der Waals surface area contributed by atoms with E-state index in [4.69, 9.17) is 10.5 Å². The molecule has 0 amide bonds. The molecular formula is C11H19N3O2. The fourth-order valence-electron chi connectivity index (χ4n) is 2.08. The summed E-state index contributed by atoms with van der Waals surface area (Å²) in [6.45, 7) is 2.32. The van der Waals surface area contributed by atoms with Crippen LogP contribution in [0.2, 0.25) is 0 Å². The van der Waals surface area contributed by atoms with Gasteiger partial charge in [-0.1, -0.05) is 29.6 Å². The summed E-state index contributed by atoms with van der Waals surface area (Å²) in [7, 11) is 0. The molecule has 0 aliphatic heterocycles. The summed E-state index contributed by atoms with van der Waals surface area (Å²) in [6.07, 6.45) is 5.93. The van der Waals surface area contributed by atoms with Crippen molar-refractivity contribution >= 4 is 0 Å². The Morgan fingerprint density at radius 2 is 2.12 bits per heavy atom. The highest BCUT2D eigenvalue weighted by molar-refractivity contribution is 5.02. The number of aryl methyl sites for hydroxylation is 1. The minimum absolute atomic E-state index is 0.151. The van der Waals surface area contributed by atoms with Crippen LogP contribution in [0.15, 0.2) is 4.63 Å². The predicted octanol–water partition coefficient (Wildman–Crippen LogP) is 1.55. The molecule has 2 atom stereocenters. The van der Waals surface area contributed by atoms with Crippen LogP contribution in [0.5, 0.6) is 0 Å². The van der Waals surface area contributed by atoms with Crippen molar-refractivity contribution in [1.82, 2.24) is 10.3 Å². The fourth-order valence-corrected chi connectivity index (χ4v) is 2.08. The van der Waals surface area contributed by atoms with Crippen molar-refractivity contribution in [3.63, 3.8) is 0 Å². The minimum atomic E-state index is 0.151. The minimum Gasteiger partial charge on any atom is -0.370 e. The van der Waals surface area contributed by atoms with Gasteiger partial charge >= 0.3 is 0 Å². The van der Waals surface area contributed by atoms with E-state index in [1.54, 1.807) is 0 Å². The van der Waals surface area contributed by atoms with Crippen LogP contribution in [-0.2, 0) is 11.3 Å². The molecule has 1 heterocycles. The lowest BCUT2D eigenvalue weighted by Gasteiger charge is -2.21. The monoisotopic (exact) mass is 225 g/mol. The summed E-state index contributed by atoms with van der Waals surface area (Å²) in [6, 6.07) is 0.155. The highest BCUT2D eigenvalue weighted by Gasteiger charge is 2.21. The number of nitrogens with zero attached hydrogens (tertiary/aromatic N) is 2. The van der Waals surface area contributed by atoms with Crippen molar-refractivity contribution in [3.8, 4) is 0 Å². The molecule has 5 nitrogen and oxygen atoms in total. The second-order valence-electron chi connectivity index (χ2n) is 4.45. The van der Waals surface area contributed by atoms with Gasteiger partial charge in [-0.05, 0) is 19.8 Å². The number of rotatable bonds is 3. The molecule has 0 bridgehead atoms. The number of ether oxygens (including phenoxy) is 1. The SMILES string of the molecule is Cc1nonc1COC1CCCCCC1N. The van der Waals surface area contributed by atoms with E-state index in [9.17, 15) is 0 Å². The van der Waals surface area contributed by atoms with Gasteiger partial charge < -0.3 is 10.5 Å². The normalized spacial score (nSPS) is 26.6. The van der Waals surface area contributed by atoms with Gasteiger partial charge in [-0.2, -0.15) is 0 Å². The third kappa shape index (κ3) is 2.80. The van der Waals surface area contributed by atoms with Crippen molar-refractivity contribution in [3.05, 3.63) is 11.4 Å². The van der Waals surface area contributed by atoms with Gasteiger partial charge in [0.25, 0.3) is 0 Å². The maximum absolute atomic E-state index is 6.07. The van der Waals surface area contributed by atoms with Crippen LogP contribution < -0.4 is 5.73 Å². The Morgan fingerprint density at radius 1 is 1.31 bits per heavy atom. The Morgan fingerprint density at radius 3 is 2.88 bits per heavy atom. The number of aromatic nitrogens is 2. The molecular weight excluding hydrogens is 206 g/mol. The van der Waals surface area contributed by atoms with E-state index >= 15 is 0 Å². The summed E-state index contributed by atoms with van der Waals surface area (Å²) in [5.41, 5.74) is 7.64. The Bertz CT molecular complexity index is 327. The molecule has 2 rings (SSSR count). The first-order valence-corrected chi connectivity index (χ1v) is 5.92. The largest absolute Gasteiger partial charge is 0.370 e. The third-order valence-corrected chi connectivity index (χ3v) is 3.18. The first kappa shape index (κ1) is 11.5.